The Kier molecular flexibility index (Phi) is 5.51. The molecule has 1 atom stereocenters. The largest absolute Gasteiger partial charge is 0.396 e. The molecule has 1 fully saturated rings. The van der Waals surface area contributed by atoms with Gasteiger partial charge in [-0.25, -0.2) is 9.78 Å². The number of urea groups is 1. The van der Waals surface area contributed by atoms with Crippen molar-refractivity contribution in [2.45, 2.75) is 19.8 Å². The summed E-state index contributed by atoms with van der Waals surface area (Å²) >= 11 is 0. The van der Waals surface area contributed by atoms with E-state index in [4.69, 9.17) is 9.72 Å². The number of aromatic nitrogens is 2. The zero-order chi connectivity index (χ0) is 20.3. The van der Waals surface area contributed by atoms with Gasteiger partial charge < -0.3 is 15.2 Å². The van der Waals surface area contributed by atoms with Crippen LogP contribution in [0.4, 0.5) is 10.6 Å². The average molecular weight is 394 g/mol. The van der Waals surface area contributed by atoms with E-state index in [0.29, 0.717) is 32.0 Å². The highest BCUT2D eigenvalue weighted by atomic mass is 16.5. The fourth-order valence-electron chi connectivity index (χ4n) is 3.85. The number of nitrogens with one attached hydrogen (secondary N) is 2. The predicted molar refractivity (Wildman–Crippen MR) is 112 cm³/mol. The molecule has 1 aliphatic heterocycles. The fraction of sp³-hybridized carbons (Fsp3) is 0.364. The van der Waals surface area contributed by atoms with Gasteiger partial charge in [0.1, 0.15) is 17.2 Å². The summed E-state index contributed by atoms with van der Waals surface area (Å²) in [4.78, 5) is 17.5. The van der Waals surface area contributed by atoms with Gasteiger partial charge in [-0.3, -0.25) is 9.72 Å². The smallest absolute Gasteiger partial charge is 0.320 e. The number of carbonyl (C=O) groups excluding carboxylic acids is 1. The second kappa shape index (κ2) is 8.23. The molecule has 152 valence electrons. The Bertz CT molecular complexity index is 994. The van der Waals surface area contributed by atoms with E-state index in [-0.39, 0.29) is 18.1 Å². The summed E-state index contributed by atoms with van der Waals surface area (Å²) in [5.41, 5.74) is 3.30. The van der Waals surface area contributed by atoms with Gasteiger partial charge in [0, 0.05) is 36.9 Å². The summed E-state index contributed by atoms with van der Waals surface area (Å²) in [5, 5.41) is 15.3. The van der Waals surface area contributed by atoms with Gasteiger partial charge in [0.05, 0.1) is 6.61 Å². The number of benzene rings is 1. The molecule has 1 aliphatic rings. The number of nitrogens with zero attached hydrogens (tertiary/aromatic N) is 2. The maximum Gasteiger partial charge on any atom is 0.320 e. The van der Waals surface area contributed by atoms with Gasteiger partial charge in [-0.2, -0.15) is 0 Å². The van der Waals surface area contributed by atoms with Crippen LogP contribution in [0.5, 0.6) is 0 Å². The Morgan fingerprint density at radius 1 is 1.28 bits per heavy atom. The summed E-state index contributed by atoms with van der Waals surface area (Å²) in [5.74, 6) is 0.631. The first-order valence-electron chi connectivity index (χ1n) is 9.88. The van der Waals surface area contributed by atoms with Gasteiger partial charge in [-0.05, 0) is 31.4 Å². The standard InChI is InChI=1S/C22H26N4O3/c1-16-6-5-11-26-19(16)24-18(17-7-3-2-4-8-17)20(26)25-21(28)23-14-22(9-12-27)10-13-29-15-22/h2-8,11,27H,9-10,12-15H2,1H3,(H2,23,25,28). The highest BCUT2D eigenvalue weighted by molar-refractivity contribution is 5.93. The van der Waals surface area contributed by atoms with Crippen LogP contribution >= 0.6 is 0 Å². The van der Waals surface area contributed by atoms with E-state index in [9.17, 15) is 9.90 Å². The molecular weight excluding hydrogens is 368 g/mol. The molecule has 1 saturated heterocycles. The molecule has 7 nitrogen and oxygen atoms in total. The molecule has 1 unspecified atom stereocenters. The van der Waals surface area contributed by atoms with Gasteiger partial charge in [-0.15, -0.1) is 0 Å². The van der Waals surface area contributed by atoms with Crippen LogP contribution in [-0.2, 0) is 4.74 Å². The number of hydrogen-bond acceptors (Lipinski definition) is 4. The zero-order valence-electron chi connectivity index (χ0n) is 16.5. The third-order valence-electron chi connectivity index (χ3n) is 5.58. The molecule has 3 aromatic rings. The molecule has 3 heterocycles. The molecule has 0 aliphatic carbocycles. The van der Waals surface area contributed by atoms with Crippen molar-refractivity contribution in [1.29, 1.82) is 0 Å². The molecule has 3 N–H and O–H groups in total. The predicted octanol–water partition coefficient (Wildman–Crippen LogP) is 3.22. The lowest BCUT2D eigenvalue weighted by Crippen LogP contribution is -2.40. The maximum absolute atomic E-state index is 12.8. The molecule has 0 saturated carbocycles. The number of amides is 2. The molecular formula is C22H26N4O3. The van der Waals surface area contributed by atoms with Crippen LogP contribution in [0.1, 0.15) is 18.4 Å². The van der Waals surface area contributed by atoms with Crippen LogP contribution in [0.3, 0.4) is 0 Å². The van der Waals surface area contributed by atoms with Crippen molar-refractivity contribution < 1.29 is 14.6 Å². The number of carbonyl (C=O) groups is 1. The number of rotatable bonds is 6. The van der Waals surface area contributed by atoms with Gasteiger partial charge >= 0.3 is 6.03 Å². The Balaban J connectivity index is 1.60. The molecule has 2 aromatic heterocycles. The number of pyridine rings is 1. The van der Waals surface area contributed by atoms with Crippen LogP contribution in [-0.4, -0.2) is 46.9 Å². The first-order valence-corrected chi connectivity index (χ1v) is 9.88. The monoisotopic (exact) mass is 394 g/mol. The van der Waals surface area contributed by atoms with Crippen molar-refractivity contribution in [2.24, 2.45) is 5.41 Å². The normalized spacial score (nSPS) is 18.8. The number of fused-ring (bicyclic) bond motifs is 1. The van der Waals surface area contributed by atoms with Crippen molar-refractivity contribution in [3.8, 4) is 11.3 Å². The lowest BCUT2D eigenvalue weighted by atomic mass is 9.84. The van der Waals surface area contributed by atoms with Crippen LogP contribution in [0, 0.1) is 12.3 Å². The number of hydrogen-bond donors (Lipinski definition) is 3. The lowest BCUT2D eigenvalue weighted by Gasteiger charge is -2.26. The quantitative estimate of drug-likeness (QED) is 0.599. The second-order valence-corrected chi connectivity index (χ2v) is 7.64. The molecule has 4 rings (SSSR count). The van der Waals surface area contributed by atoms with Gasteiger partial charge in [0.25, 0.3) is 0 Å². The highest BCUT2D eigenvalue weighted by Crippen LogP contribution is 2.32. The molecule has 0 bridgehead atoms. The van der Waals surface area contributed by atoms with E-state index < -0.39 is 0 Å². The minimum atomic E-state index is -0.297. The average Bonchev–Trinajstić information content (AvgIpc) is 3.34. The molecule has 1 aromatic carbocycles. The van der Waals surface area contributed by atoms with Crippen molar-refractivity contribution in [2.75, 3.05) is 31.7 Å². The minimum Gasteiger partial charge on any atom is -0.396 e. The zero-order valence-corrected chi connectivity index (χ0v) is 16.5. The van der Waals surface area contributed by atoms with E-state index in [1.54, 1.807) is 0 Å². The maximum atomic E-state index is 12.8. The Morgan fingerprint density at radius 3 is 2.83 bits per heavy atom. The summed E-state index contributed by atoms with van der Waals surface area (Å²) in [7, 11) is 0. The van der Waals surface area contributed by atoms with E-state index in [1.807, 2.05) is 60.0 Å². The summed E-state index contributed by atoms with van der Waals surface area (Å²) in [6.07, 6.45) is 3.34. The Labute approximate surface area is 169 Å². The molecule has 29 heavy (non-hydrogen) atoms. The number of aryl methyl sites for hydroxylation is 1. The summed E-state index contributed by atoms with van der Waals surface area (Å²) in [6.45, 7) is 3.75. The molecule has 2 amide bonds. The fourth-order valence-corrected chi connectivity index (χ4v) is 3.85. The van der Waals surface area contributed by atoms with Crippen LogP contribution in [0.2, 0.25) is 0 Å². The molecule has 7 heteroatoms. The van der Waals surface area contributed by atoms with Crippen LogP contribution < -0.4 is 10.6 Å². The van der Waals surface area contributed by atoms with E-state index in [2.05, 4.69) is 10.6 Å². The van der Waals surface area contributed by atoms with Crippen molar-refractivity contribution in [3.05, 3.63) is 54.2 Å². The number of aliphatic hydroxyl groups excluding tert-OH is 1. The number of aliphatic hydroxyl groups is 1. The first-order chi connectivity index (χ1) is 14.1. The van der Waals surface area contributed by atoms with Crippen LogP contribution in [0.15, 0.2) is 48.7 Å². The second-order valence-electron chi connectivity index (χ2n) is 7.64. The van der Waals surface area contributed by atoms with Crippen molar-refractivity contribution in [3.63, 3.8) is 0 Å². The summed E-state index contributed by atoms with van der Waals surface area (Å²) in [6, 6.07) is 13.5. The third kappa shape index (κ3) is 3.97. The van der Waals surface area contributed by atoms with Crippen molar-refractivity contribution >= 4 is 17.5 Å². The van der Waals surface area contributed by atoms with E-state index in [0.717, 1.165) is 28.9 Å². The van der Waals surface area contributed by atoms with Crippen molar-refractivity contribution in [1.82, 2.24) is 14.7 Å². The van der Waals surface area contributed by atoms with Gasteiger partial charge in [0.2, 0.25) is 0 Å². The number of anilines is 1. The Hall–Kier alpha value is -2.90. The Morgan fingerprint density at radius 2 is 2.10 bits per heavy atom. The molecule has 0 radical (unpaired) electrons. The first kappa shape index (κ1) is 19.4. The third-order valence-corrected chi connectivity index (χ3v) is 5.58. The summed E-state index contributed by atoms with van der Waals surface area (Å²) < 4.78 is 7.40. The lowest BCUT2D eigenvalue weighted by molar-refractivity contribution is 0.126. The molecule has 0 spiro atoms. The SMILES string of the molecule is Cc1cccn2c(NC(=O)NCC3(CCO)CCOC3)c(-c3ccccc3)nc12. The number of ether oxygens (including phenoxy) is 1. The minimum absolute atomic E-state index is 0.0807. The van der Waals surface area contributed by atoms with E-state index >= 15 is 0 Å². The van der Waals surface area contributed by atoms with Gasteiger partial charge in [0.15, 0.2) is 0 Å². The van der Waals surface area contributed by atoms with Crippen LogP contribution in [0.25, 0.3) is 16.9 Å². The topological polar surface area (TPSA) is 87.9 Å². The number of imidazole rings is 1. The van der Waals surface area contributed by atoms with Gasteiger partial charge in [-0.1, -0.05) is 36.4 Å². The highest BCUT2D eigenvalue weighted by Gasteiger charge is 2.34. The van der Waals surface area contributed by atoms with E-state index in [1.165, 1.54) is 0 Å².